The van der Waals surface area contributed by atoms with Gasteiger partial charge in [0.2, 0.25) is 11.8 Å². The number of nitrogens with zero attached hydrogens (tertiary/aromatic N) is 2. The fraction of sp³-hybridized carbons (Fsp3) is 0.846. The monoisotopic (exact) mass is 271 g/mol. The van der Waals surface area contributed by atoms with Crippen LogP contribution in [0, 0.1) is 0 Å². The number of carbonyl (C=O) groups is 2. The molecule has 6 nitrogen and oxygen atoms in total. The Labute approximate surface area is 114 Å². The van der Waals surface area contributed by atoms with Crippen LogP contribution in [0.25, 0.3) is 0 Å². The number of β-amino-alcohol motifs (C(OH)–C–C–N with tert-alkyl or cyclic N) is 1. The molecule has 1 fully saturated rings. The molecule has 2 amide bonds. The average Bonchev–Trinajstić information content (AvgIpc) is 2.26. The molecule has 110 valence electrons. The van der Waals surface area contributed by atoms with Crippen molar-refractivity contribution in [3.8, 4) is 0 Å². The van der Waals surface area contributed by atoms with Crippen LogP contribution in [0.1, 0.15) is 33.1 Å². The van der Waals surface area contributed by atoms with Gasteiger partial charge in [-0.3, -0.25) is 14.5 Å². The Morgan fingerprint density at radius 3 is 2.63 bits per heavy atom. The van der Waals surface area contributed by atoms with Gasteiger partial charge in [-0.2, -0.15) is 0 Å². The number of aliphatic hydroxyl groups is 1. The minimum absolute atomic E-state index is 0.0150. The highest BCUT2D eigenvalue weighted by molar-refractivity contribution is 5.79. The lowest BCUT2D eigenvalue weighted by atomic mass is 9.89. The molecule has 0 saturated carbocycles. The quantitative estimate of drug-likeness (QED) is 0.709. The molecule has 1 heterocycles. The SMILES string of the molecule is CC(C)N(C)CC(=O)N1CCCC(O)(CC(N)=O)C1. The second-order valence-corrected chi connectivity index (χ2v) is 5.80. The number of primary amides is 1. The molecule has 0 aromatic carbocycles. The van der Waals surface area contributed by atoms with E-state index in [0.717, 1.165) is 0 Å². The topological polar surface area (TPSA) is 86.9 Å². The van der Waals surface area contributed by atoms with E-state index in [2.05, 4.69) is 0 Å². The molecule has 1 saturated heterocycles. The molecule has 0 spiro atoms. The van der Waals surface area contributed by atoms with E-state index in [1.807, 2.05) is 25.8 Å². The number of likely N-dealkylation sites (tertiary alicyclic amines) is 1. The molecule has 1 rings (SSSR count). The van der Waals surface area contributed by atoms with E-state index in [0.29, 0.717) is 32.0 Å². The molecule has 0 aromatic rings. The Morgan fingerprint density at radius 1 is 1.47 bits per heavy atom. The first-order valence-electron chi connectivity index (χ1n) is 6.72. The van der Waals surface area contributed by atoms with Crippen molar-refractivity contribution in [2.75, 3.05) is 26.7 Å². The highest BCUT2D eigenvalue weighted by Crippen LogP contribution is 2.24. The fourth-order valence-electron chi connectivity index (χ4n) is 2.29. The maximum absolute atomic E-state index is 12.1. The molecule has 0 radical (unpaired) electrons. The minimum Gasteiger partial charge on any atom is -0.388 e. The molecule has 6 heteroatoms. The lowest BCUT2D eigenvalue weighted by Gasteiger charge is -2.39. The fourth-order valence-corrected chi connectivity index (χ4v) is 2.29. The van der Waals surface area contributed by atoms with E-state index in [1.165, 1.54) is 0 Å². The maximum Gasteiger partial charge on any atom is 0.236 e. The van der Waals surface area contributed by atoms with E-state index in [4.69, 9.17) is 5.73 Å². The first kappa shape index (κ1) is 15.9. The predicted molar refractivity (Wildman–Crippen MR) is 72.3 cm³/mol. The van der Waals surface area contributed by atoms with Crippen LogP contribution in [0.3, 0.4) is 0 Å². The van der Waals surface area contributed by atoms with Crippen molar-refractivity contribution in [2.24, 2.45) is 5.73 Å². The number of rotatable bonds is 5. The van der Waals surface area contributed by atoms with Crippen LogP contribution >= 0.6 is 0 Å². The summed E-state index contributed by atoms with van der Waals surface area (Å²) in [6, 6.07) is 0.290. The third kappa shape index (κ3) is 4.80. The summed E-state index contributed by atoms with van der Waals surface area (Å²) in [5.41, 5.74) is 3.98. The Bertz CT molecular complexity index is 346. The van der Waals surface area contributed by atoms with Gasteiger partial charge >= 0.3 is 0 Å². The molecule has 0 aliphatic carbocycles. The molecule has 19 heavy (non-hydrogen) atoms. The van der Waals surface area contributed by atoms with Crippen LogP contribution in [0.5, 0.6) is 0 Å². The summed E-state index contributed by atoms with van der Waals surface area (Å²) in [6.07, 6.45) is 1.12. The number of nitrogens with two attached hydrogens (primary N) is 1. The van der Waals surface area contributed by atoms with E-state index in [9.17, 15) is 14.7 Å². The van der Waals surface area contributed by atoms with Crippen molar-refractivity contribution >= 4 is 11.8 Å². The van der Waals surface area contributed by atoms with Crippen LogP contribution in [-0.4, -0.2) is 65.0 Å². The zero-order valence-corrected chi connectivity index (χ0v) is 12.1. The second-order valence-electron chi connectivity index (χ2n) is 5.80. The summed E-state index contributed by atoms with van der Waals surface area (Å²) in [5, 5.41) is 10.3. The first-order valence-corrected chi connectivity index (χ1v) is 6.72. The predicted octanol–water partition coefficient (Wildman–Crippen LogP) is -0.444. The van der Waals surface area contributed by atoms with Crippen LogP contribution in [0.4, 0.5) is 0 Å². The summed E-state index contributed by atoms with van der Waals surface area (Å²) in [7, 11) is 1.89. The summed E-state index contributed by atoms with van der Waals surface area (Å²) >= 11 is 0. The summed E-state index contributed by atoms with van der Waals surface area (Å²) in [4.78, 5) is 26.7. The van der Waals surface area contributed by atoms with Gasteiger partial charge in [-0.1, -0.05) is 0 Å². The molecular weight excluding hydrogens is 246 g/mol. The lowest BCUT2D eigenvalue weighted by Crippen LogP contribution is -2.53. The van der Waals surface area contributed by atoms with Crippen molar-refractivity contribution < 1.29 is 14.7 Å². The van der Waals surface area contributed by atoms with Gasteiger partial charge in [-0.25, -0.2) is 0 Å². The van der Waals surface area contributed by atoms with Crippen molar-refractivity contribution in [2.45, 2.75) is 44.8 Å². The number of amides is 2. The van der Waals surface area contributed by atoms with Crippen LogP contribution in [0.15, 0.2) is 0 Å². The molecule has 0 bridgehead atoms. The van der Waals surface area contributed by atoms with E-state index >= 15 is 0 Å². The Morgan fingerprint density at radius 2 is 2.11 bits per heavy atom. The molecule has 3 N–H and O–H groups in total. The number of likely N-dealkylation sites (N-methyl/N-ethyl adjacent to an activating group) is 1. The van der Waals surface area contributed by atoms with Crippen LogP contribution < -0.4 is 5.73 Å². The zero-order chi connectivity index (χ0) is 14.6. The molecule has 0 aromatic heterocycles. The van der Waals surface area contributed by atoms with Gasteiger partial charge in [0.1, 0.15) is 0 Å². The van der Waals surface area contributed by atoms with Gasteiger partial charge < -0.3 is 15.7 Å². The number of hydrogen-bond donors (Lipinski definition) is 2. The summed E-state index contributed by atoms with van der Waals surface area (Å²) < 4.78 is 0. The van der Waals surface area contributed by atoms with Crippen molar-refractivity contribution in [1.82, 2.24) is 9.80 Å². The van der Waals surface area contributed by atoms with E-state index in [-0.39, 0.29) is 18.9 Å². The number of carbonyl (C=O) groups excluding carboxylic acids is 2. The Balaban J connectivity index is 2.59. The first-order chi connectivity index (χ1) is 8.73. The maximum atomic E-state index is 12.1. The Kier molecular flexibility index (Phi) is 5.31. The van der Waals surface area contributed by atoms with Gasteiger partial charge in [0.15, 0.2) is 0 Å². The molecule has 1 aliphatic rings. The third-order valence-electron chi connectivity index (χ3n) is 3.68. The highest BCUT2D eigenvalue weighted by atomic mass is 16.3. The van der Waals surface area contributed by atoms with Gasteiger partial charge in [0, 0.05) is 19.1 Å². The second kappa shape index (κ2) is 6.34. The Hall–Kier alpha value is -1.14. The highest BCUT2D eigenvalue weighted by Gasteiger charge is 2.36. The molecule has 1 atom stereocenters. The third-order valence-corrected chi connectivity index (χ3v) is 3.68. The molecule has 1 aliphatic heterocycles. The normalized spacial score (nSPS) is 24.0. The molecule has 1 unspecified atom stereocenters. The number of piperidine rings is 1. The molecular formula is C13H25N3O3. The summed E-state index contributed by atoms with van der Waals surface area (Å²) in [6.45, 7) is 5.19. The van der Waals surface area contributed by atoms with Gasteiger partial charge in [-0.15, -0.1) is 0 Å². The van der Waals surface area contributed by atoms with E-state index < -0.39 is 11.5 Å². The lowest BCUT2D eigenvalue weighted by molar-refractivity contribution is -0.142. The summed E-state index contributed by atoms with van der Waals surface area (Å²) in [5.74, 6) is -0.546. The van der Waals surface area contributed by atoms with Gasteiger partial charge in [0.25, 0.3) is 0 Å². The standard InChI is InChI=1S/C13H25N3O3/c1-10(2)15(3)8-12(18)16-6-4-5-13(19,9-16)7-11(14)17/h10,19H,4-9H2,1-3H3,(H2,14,17). The van der Waals surface area contributed by atoms with Crippen molar-refractivity contribution in [3.05, 3.63) is 0 Å². The average molecular weight is 271 g/mol. The van der Waals surface area contributed by atoms with Gasteiger partial charge in [-0.05, 0) is 33.7 Å². The minimum atomic E-state index is -1.16. The van der Waals surface area contributed by atoms with Gasteiger partial charge in [0.05, 0.1) is 18.6 Å². The van der Waals surface area contributed by atoms with Crippen molar-refractivity contribution in [1.29, 1.82) is 0 Å². The van der Waals surface area contributed by atoms with E-state index in [1.54, 1.807) is 4.90 Å². The largest absolute Gasteiger partial charge is 0.388 e. The van der Waals surface area contributed by atoms with Crippen LogP contribution in [0.2, 0.25) is 0 Å². The zero-order valence-electron chi connectivity index (χ0n) is 12.1. The smallest absolute Gasteiger partial charge is 0.236 e. The van der Waals surface area contributed by atoms with Crippen molar-refractivity contribution in [3.63, 3.8) is 0 Å². The van der Waals surface area contributed by atoms with Crippen LogP contribution in [-0.2, 0) is 9.59 Å². The number of hydrogen-bond acceptors (Lipinski definition) is 4.